The van der Waals surface area contributed by atoms with Crippen LogP contribution in [0.15, 0.2) is 41.2 Å². The van der Waals surface area contributed by atoms with Crippen molar-refractivity contribution in [1.29, 1.82) is 0 Å². The summed E-state index contributed by atoms with van der Waals surface area (Å²) in [6.45, 7) is 3.73. The lowest BCUT2D eigenvalue weighted by atomic mass is 10.1. The Morgan fingerprint density at radius 2 is 0.938 bits per heavy atom. The molecule has 12 atom stereocenters. The summed E-state index contributed by atoms with van der Waals surface area (Å²) in [5, 5.41) is 107. The quantitative estimate of drug-likeness (QED) is 0.0605. The van der Waals surface area contributed by atoms with E-state index in [1.165, 1.54) is 38.3 Å². The van der Waals surface area contributed by atoms with Crippen molar-refractivity contribution in [2.45, 2.75) is 94.2 Å². The number of hydrogen-bond acceptors (Lipinski definition) is 29. The molecule has 7 aromatic heterocycles. The highest BCUT2D eigenvalue weighted by Crippen LogP contribution is 2.35. The normalized spacial score (nSPS) is 24.7. The maximum absolute atomic E-state index is 11.5. The lowest BCUT2D eigenvalue weighted by Gasteiger charge is -2.16. The van der Waals surface area contributed by atoms with Crippen LogP contribution in [0.3, 0.4) is 0 Å². The van der Waals surface area contributed by atoms with E-state index in [1.807, 2.05) is 0 Å². The molecular weight excluding hydrogens is 1090 g/mol. The highest BCUT2D eigenvalue weighted by Gasteiger charge is 2.46. The predicted octanol–water partition coefficient (Wildman–Crippen LogP) is -8.71. The number of fused-ring (bicyclic) bond motifs is 2. The fourth-order valence-electron chi connectivity index (χ4n) is 7.69. The Morgan fingerprint density at radius 3 is 1.28 bits per heavy atom. The minimum absolute atomic E-state index is 0.0858. The van der Waals surface area contributed by atoms with Crippen LogP contribution in [0, 0.1) is 0 Å². The minimum atomic E-state index is -1.34. The number of aromatic nitrogens is 16. The Bertz CT molecular complexity index is 3410. The van der Waals surface area contributed by atoms with Crippen molar-refractivity contribution < 1.29 is 84.1 Å². The van der Waals surface area contributed by atoms with Gasteiger partial charge in [0, 0.05) is 34.8 Å². The van der Waals surface area contributed by atoms with E-state index in [2.05, 4.69) is 56.2 Å². The first-order valence-corrected chi connectivity index (χ1v) is 23.4. The monoisotopic (exact) mass is 1150 g/mol. The molecule has 0 spiro atoms. The molecule has 0 bridgehead atoms. The van der Waals surface area contributed by atoms with Crippen LogP contribution in [-0.4, -0.2) is 223 Å². The summed E-state index contributed by atoms with van der Waals surface area (Å²) >= 11 is 0. The van der Waals surface area contributed by atoms with Gasteiger partial charge in [-0.15, -0.1) is 10.2 Å². The smallest absolute Gasteiger partial charge is 0.352 e. The molecule has 3 fully saturated rings. The zero-order valence-electron chi connectivity index (χ0n) is 43.5. The van der Waals surface area contributed by atoms with E-state index in [1.54, 1.807) is 27.9 Å². The van der Waals surface area contributed by atoms with Gasteiger partial charge in [0.15, 0.2) is 59.0 Å². The van der Waals surface area contributed by atoms with Crippen LogP contribution in [0.1, 0.15) is 80.2 Å². The number of methoxy groups -OCH3 is 1. The largest absolute Gasteiger partial charge is 0.493 e. The first-order valence-electron chi connectivity index (χ1n) is 23.4. The molecule has 3 aliphatic heterocycles. The molecule has 440 valence electrons. The number of imidazole rings is 5. The van der Waals surface area contributed by atoms with Crippen LogP contribution in [0.2, 0.25) is 0 Å². The van der Waals surface area contributed by atoms with Gasteiger partial charge in [-0.25, -0.2) is 43.3 Å². The number of hydrogen-bond donors (Lipinski definition) is 14. The molecule has 0 aliphatic carbocycles. The number of aryl methyl sites for hydroxylation is 2. The van der Waals surface area contributed by atoms with Gasteiger partial charge in [-0.2, -0.15) is 9.36 Å². The maximum atomic E-state index is 11.5. The number of carbonyl (C=O) groups excluding carboxylic acids is 4. The van der Waals surface area contributed by atoms with Gasteiger partial charge in [-0.05, 0) is 20.9 Å². The van der Waals surface area contributed by atoms with Gasteiger partial charge in [-0.3, -0.25) is 32.9 Å². The van der Waals surface area contributed by atoms with Crippen LogP contribution in [0.25, 0.3) is 11.3 Å². The van der Waals surface area contributed by atoms with Crippen LogP contribution in [0.4, 0.5) is 0 Å². The van der Waals surface area contributed by atoms with Crippen molar-refractivity contribution in [3.05, 3.63) is 81.1 Å². The number of nitrogens with two attached hydrogens (primary N) is 3. The Labute approximate surface area is 451 Å². The molecular formula is C41H57N21O19. The molecule has 0 aromatic carbocycles. The number of nitrogens with one attached hydrogen (secondary N) is 2. The number of carbonyl (C=O) groups is 4. The highest BCUT2D eigenvalue weighted by molar-refractivity contribution is 5.97. The van der Waals surface area contributed by atoms with Crippen molar-refractivity contribution in [2.24, 2.45) is 31.3 Å². The highest BCUT2D eigenvalue weighted by atomic mass is 16.7. The van der Waals surface area contributed by atoms with E-state index < -0.39 is 121 Å². The molecule has 3 aliphatic rings. The summed E-state index contributed by atoms with van der Waals surface area (Å²) in [5.74, 6) is -4.63. The molecule has 7 aromatic rings. The zero-order chi connectivity index (χ0) is 60.1. The number of aliphatic hydroxyl groups excluding tert-OH is 6. The molecule has 10 heterocycles. The fourth-order valence-corrected chi connectivity index (χ4v) is 7.69. The van der Waals surface area contributed by atoms with E-state index in [-0.39, 0.29) is 34.1 Å². The van der Waals surface area contributed by atoms with Gasteiger partial charge in [0.1, 0.15) is 74.0 Å². The lowest BCUT2D eigenvalue weighted by molar-refractivity contribution is -0.161. The topological polar surface area (TPSA) is 573 Å². The summed E-state index contributed by atoms with van der Waals surface area (Å²) in [5.41, 5.74) is 14.8. The number of primary amides is 3. The Hall–Kier alpha value is -8.97. The van der Waals surface area contributed by atoms with Crippen LogP contribution >= 0.6 is 0 Å². The third kappa shape index (κ3) is 12.4. The van der Waals surface area contributed by atoms with Gasteiger partial charge < -0.3 is 92.7 Å². The molecule has 0 radical (unpaired) electrons. The molecule has 0 unspecified atom stereocenters. The summed E-state index contributed by atoms with van der Waals surface area (Å²) in [7, 11) is 7.59. The SMILES string of the molecule is CNC(=O)c1ncn2c(=O)n(C)nnc12.CNCc1ncn2c(=O)n(C)nnc12.CO[C@H]1O[C@@H](n2cnc(C(N)=O)c2O)[C@H](O)[C@@H]1O.C[C@H]1O[C@@H](n2cnc(C(N)=O)c2O)[C@H](O)[C@@H]1O.C[C@H]1O[C@@H](n2cnc(C(N)=O)c2O)[C@H](O)[C@@H]1O. The molecule has 0 saturated carbocycles. The van der Waals surface area contributed by atoms with E-state index in [9.17, 15) is 74.7 Å². The maximum Gasteiger partial charge on any atom is 0.352 e. The number of nitrogens with zero attached hydrogens (tertiary/aromatic N) is 16. The van der Waals surface area contributed by atoms with Crippen molar-refractivity contribution >= 4 is 34.9 Å². The van der Waals surface area contributed by atoms with Crippen LogP contribution in [0.5, 0.6) is 17.6 Å². The van der Waals surface area contributed by atoms with Crippen LogP contribution in [-0.2, 0) is 39.6 Å². The van der Waals surface area contributed by atoms with Gasteiger partial charge in [0.25, 0.3) is 23.6 Å². The second kappa shape index (κ2) is 25.4. The average molecular weight is 1150 g/mol. The molecule has 17 N–H and O–H groups in total. The second-order valence-corrected chi connectivity index (χ2v) is 17.4. The lowest BCUT2D eigenvalue weighted by Crippen LogP contribution is -2.32. The van der Waals surface area contributed by atoms with E-state index in [4.69, 9.17) is 36.1 Å². The van der Waals surface area contributed by atoms with E-state index >= 15 is 0 Å². The fraction of sp³-hybridized carbons (Fsp3) is 0.488. The first-order chi connectivity index (χ1) is 38.2. The van der Waals surface area contributed by atoms with Crippen molar-refractivity contribution in [2.75, 3.05) is 21.2 Å². The van der Waals surface area contributed by atoms with Crippen molar-refractivity contribution in [3.8, 4) is 17.6 Å². The summed E-state index contributed by atoms with van der Waals surface area (Å²) in [6.07, 6.45) is -6.51. The summed E-state index contributed by atoms with van der Waals surface area (Å²) in [4.78, 5) is 85.7. The third-order valence-corrected chi connectivity index (χ3v) is 12.1. The predicted molar refractivity (Wildman–Crippen MR) is 262 cm³/mol. The Morgan fingerprint density at radius 1 is 0.568 bits per heavy atom. The van der Waals surface area contributed by atoms with E-state index in [0.717, 1.165) is 52.1 Å². The first kappa shape index (κ1) is 61.2. The van der Waals surface area contributed by atoms with Gasteiger partial charge >= 0.3 is 11.4 Å². The summed E-state index contributed by atoms with van der Waals surface area (Å²) in [6, 6.07) is 0. The molecule has 4 amide bonds. The Balaban J connectivity index is 0.000000163. The molecule has 40 heteroatoms. The van der Waals surface area contributed by atoms with Crippen molar-refractivity contribution in [3.63, 3.8) is 0 Å². The second-order valence-electron chi connectivity index (χ2n) is 17.4. The molecule has 40 nitrogen and oxygen atoms in total. The van der Waals surface area contributed by atoms with Crippen LogP contribution < -0.4 is 39.2 Å². The number of ether oxygens (including phenoxy) is 4. The van der Waals surface area contributed by atoms with E-state index in [0.29, 0.717) is 12.2 Å². The average Bonchev–Trinajstić information content (AvgIpc) is 4.36. The minimum Gasteiger partial charge on any atom is -0.493 e. The van der Waals surface area contributed by atoms with Gasteiger partial charge in [-0.1, -0.05) is 10.4 Å². The standard InChI is InChI=1S/C9H13N3O6.2C9H13N3O5.C7H8N6O2.C7H10N6O/c1-17-9-5(14)4(13)8(18-9)12-2-11-3(6(10)15)7(12)16;2*1-3-5(13)6(14)9(17-3)12-2-11-4(7(10)15)8(12)16;1-8-6(14)4-5-10-11-12(2)7(15)13(5)3-9-4;1-8-3-5-6-10-11-12(2)7(14)13(6)4-9-5/h2,4-5,8-9,13-14,16H,1H3,(H2,10,15);2*2-3,5-6,9,13-14,16H,1H3,(H2,10,15);3H,1-2H3,(H,8,14);4,8H,3H2,1-2H3/t4-,5+,8-,9+;2*3-,5-,6-,9-;;/m111../s1. The number of aromatic hydroxyl groups is 3. The number of amides is 4. The molecule has 3 saturated heterocycles. The number of aliphatic hydroxyl groups is 6. The third-order valence-electron chi connectivity index (χ3n) is 12.1. The number of rotatable bonds is 10. The summed E-state index contributed by atoms with van der Waals surface area (Å²) < 4.78 is 28.4. The molecule has 10 rings (SSSR count). The Kier molecular flexibility index (Phi) is 19.2. The van der Waals surface area contributed by atoms with Gasteiger partial charge in [0.2, 0.25) is 17.6 Å². The zero-order valence-corrected chi connectivity index (χ0v) is 43.5. The molecule has 81 heavy (non-hydrogen) atoms. The van der Waals surface area contributed by atoms with Gasteiger partial charge in [0.05, 0.1) is 12.2 Å². The van der Waals surface area contributed by atoms with Crippen molar-refractivity contribution in [1.82, 2.24) is 88.0 Å².